The molecule has 3 rings (SSSR count). The molecule has 0 spiro atoms. The lowest BCUT2D eigenvalue weighted by Crippen LogP contribution is -2.32. The van der Waals surface area contributed by atoms with Crippen molar-refractivity contribution in [1.29, 1.82) is 0 Å². The summed E-state index contributed by atoms with van der Waals surface area (Å²) in [5.74, 6) is 0.557. The number of anilines is 1. The lowest BCUT2D eigenvalue weighted by atomic mass is 10.0. The summed E-state index contributed by atoms with van der Waals surface area (Å²) in [6.07, 6.45) is 3.19. The Hall–Kier alpha value is -2.81. The van der Waals surface area contributed by atoms with E-state index in [9.17, 15) is 9.59 Å². The maximum absolute atomic E-state index is 13.1. The Balaban J connectivity index is 1.80. The van der Waals surface area contributed by atoms with Crippen LogP contribution < -0.4 is 10.6 Å². The van der Waals surface area contributed by atoms with Crippen LogP contribution >= 0.6 is 35.0 Å². The van der Waals surface area contributed by atoms with Gasteiger partial charge in [-0.25, -0.2) is 0 Å². The van der Waals surface area contributed by atoms with Gasteiger partial charge < -0.3 is 15.2 Å². The second-order valence-corrected chi connectivity index (χ2v) is 11.1. The molecule has 2 N–H and O–H groups in total. The number of nitrogens with one attached hydrogen (secondary N) is 2. The number of amides is 2. The third-order valence-corrected chi connectivity index (χ3v) is 7.41. The van der Waals surface area contributed by atoms with Crippen LogP contribution in [0.1, 0.15) is 60.5 Å². The molecule has 0 unspecified atom stereocenters. The highest BCUT2D eigenvalue weighted by molar-refractivity contribution is 7.99. The predicted octanol–water partition coefficient (Wildman–Crippen LogP) is 6.89. The smallest absolute Gasteiger partial charge is 0.253 e. The molecule has 7 nitrogen and oxygen atoms in total. The molecule has 1 aromatic heterocycles. The molecule has 10 heteroatoms. The largest absolute Gasteiger partial charge is 0.342 e. The Labute approximate surface area is 238 Å². The van der Waals surface area contributed by atoms with Crippen LogP contribution in [0.2, 0.25) is 10.0 Å². The minimum atomic E-state index is -0.427. The molecule has 0 fully saturated rings. The number of hydrogen-bond acceptors (Lipinski definition) is 5. The van der Waals surface area contributed by atoms with E-state index >= 15 is 0 Å². The van der Waals surface area contributed by atoms with Crippen molar-refractivity contribution in [3.8, 4) is 0 Å². The maximum atomic E-state index is 13.1. The van der Waals surface area contributed by atoms with E-state index in [1.165, 1.54) is 17.8 Å². The van der Waals surface area contributed by atoms with Crippen LogP contribution in [0.15, 0.2) is 54.2 Å². The number of halogens is 2. The van der Waals surface area contributed by atoms with Gasteiger partial charge in [0.25, 0.3) is 5.91 Å². The lowest BCUT2D eigenvalue weighted by molar-refractivity contribution is -0.113. The van der Waals surface area contributed by atoms with Gasteiger partial charge in [-0.1, -0.05) is 80.0 Å². The first-order chi connectivity index (χ1) is 18.1. The number of hydrogen-bond donors (Lipinski definition) is 2. The van der Waals surface area contributed by atoms with Gasteiger partial charge in [-0.05, 0) is 55.0 Å². The average Bonchev–Trinajstić information content (AvgIpc) is 3.26. The first-order valence-corrected chi connectivity index (χ1v) is 14.2. The summed E-state index contributed by atoms with van der Waals surface area (Å²) in [4.78, 5) is 25.9. The molecule has 2 aromatic carbocycles. The van der Waals surface area contributed by atoms with Crippen LogP contribution in [0.5, 0.6) is 0 Å². The molecule has 0 saturated carbocycles. The normalized spacial score (nSPS) is 11.9. The summed E-state index contributed by atoms with van der Waals surface area (Å²) in [5.41, 5.74) is 3.30. The van der Waals surface area contributed by atoms with Gasteiger partial charge in [-0.2, -0.15) is 0 Å². The zero-order valence-corrected chi connectivity index (χ0v) is 24.4. The second-order valence-electron chi connectivity index (χ2n) is 9.32. The van der Waals surface area contributed by atoms with E-state index in [1.807, 2.05) is 29.7 Å². The van der Waals surface area contributed by atoms with Crippen LogP contribution in [-0.4, -0.2) is 32.3 Å². The Bertz CT molecular complexity index is 1310. The van der Waals surface area contributed by atoms with E-state index in [0.29, 0.717) is 34.5 Å². The Morgan fingerprint density at radius 1 is 1.18 bits per heavy atom. The van der Waals surface area contributed by atoms with Crippen LogP contribution in [0.3, 0.4) is 0 Å². The fraction of sp³-hybridized carbons (Fsp3) is 0.357. The standard InChI is InChI=1S/C28H33Cl2N5O2S/c1-6-13-35-26(23(14-17(3)4)31-27(37)21-12-11-20(29)15-22(21)30)33-34-28(35)38-16-24(36)32-25-18(5)9-8-10-19(25)7-2/h6,8-12,15,17,23H,1,7,13-14,16H2,2-5H3,(H,31,37)(H,32,36)/t23-/m1/s1. The third kappa shape index (κ3) is 7.62. The molecule has 0 saturated heterocycles. The first-order valence-electron chi connectivity index (χ1n) is 12.5. The van der Waals surface area contributed by atoms with Crippen molar-refractivity contribution in [3.63, 3.8) is 0 Å². The highest BCUT2D eigenvalue weighted by atomic mass is 35.5. The van der Waals surface area contributed by atoms with Gasteiger partial charge in [0.05, 0.1) is 22.4 Å². The van der Waals surface area contributed by atoms with Crippen LogP contribution in [0.4, 0.5) is 5.69 Å². The van der Waals surface area contributed by atoms with Gasteiger partial charge in [0.1, 0.15) is 0 Å². The van der Waals surface area contributed by atoms with Crippen molar-refractivity contribution in [2.75, 3.05) is 11.1 Å². The highest BCUT2D eigenvalue weighted by Crippen LogP contribution is 2.28. The van der Waals surface area contributed by atoms with E-state index in [4.69, 9.17) is 23.2 Å². The fourth-order valence-electron chi connectivity index (χ4n) is 4.08. The number of benzene rings is 2. The molecule has 2 amide bonds. The van der Waals surface area contributed by atoms with Crippen molar-refractivity contribution < 1.29 is 9.59 Å². The lowest BCUT2D eigenvalue weighted by Gasteiger charge is -2.21. The number of aromatic nitrogens is 3. The van der Waals surface area contributed by atoms with Gasteiger partial charge in [0.15, 0.2) is 11.0 Å². The molecule has 0 radical (unpaired) electrons. The molecule has 0 bridgehead atoms. The summed E-state index contributed by atoms with van der Waals surface area (Å²) in [6, 6.07) is 10.3. The molecule has 0 aliphatic carbocycles. The molecule has 0 aliphatic rings. The fourth-order valence-corrected chi connectivity index (χ4v) is 5.33. The zero-order valence-electron chi connectivity index (χ0n) is 22.1. The number of aryl methyl sites for hydroxylation is 2. The number of para-hydroxylation sites is 1. The van der Waals surface area contributed by atoms with Gasteiger partial charge >= 0.3 is 0 Å². The van der Waals surface area contributed by atoms with E-state index in [-0.39, 0.29) is 28.5 Å². The summed E-state index contributed by atoms with van der Waals surface area (Å²) >= 11 is 13.6. The number of allylic oxidation sites excluding steroid dienone is 1. The molecular weight excluding hydrogens is 541 g/mol. The zero-order chi connectivity index (χ0) is 27.8. The number of thioether (sulfide) groups is 1. The van der Waals surface area contributed by atoms with Gasteiger partial charge in [-0.3, -0.25) is 9.59 Å². The Kier molecular flexibility index (Phi) is 10.8. The maximum Gasteiger partial charge on any atom is 0.253 e. The molecule has 202 valence electrons. The van der Waals surface area contributed by atoms with Crippen molar-refractivity contribution >= 4 is 52.5 Å². The molecule has 1 atom stereocenters. The number of rotatable bonds is 12. The minimum absolute atomic E-state index is 0.127. The molecular formula is C28H33Cl2N5O2S. The van der Waals surface area contributed by atoms with Crippen molar-refractivity contribution in [2.45, 2.75) is 58.3 Å². The van der Waals surface area contributed by atoms with Crippen LogP contribution in [0, 0.1) is 12.8 Å². The minimum Gasteiger partial charge on any atom is -0.342 e. The number of nitrogens with zero attached hydrogens (tertiary/aromatic N) is 3. The molecule has 1 heterocycles. The summed E-state index contributed by atoms with van der Waals surface area (Å²) in [5, 5.41) is 16.2. The van der Waals surface area contributed by atoms with Gasteiger partial charge in [0.2, 0.25) is 5.91 Å². The van der Waals surface area contributed by atoms with Crippen LogP contribution in [-0.2, 0) is 17.8 Å². The Morgan fingerprint density at radius 2 is 1.95 bits per heavy atom. The topological polar surface area (TPSA) is 88.9 Å². The van der Waals surface area contributed by atoms with Gasteiger partial charge in [0, 0.05) is 17.3 Å². The molecule has 3 aromatic rings. The first kappa shape index (κ1) is 29.7. The number of carbonyl (C=O) groups excluding carboxylic acids is 2. The highest BCUT2D eigenvalue weighted by Gasteiger charge is 2.25. The Morgan fingerprint density at radius 3 is 2.61 bits per heavy atom. The number of carbonyl (C=O) groups is 2. The quantitative estimate of drug-likeness (QED) is 0.182. The predicted molar refractivity (Wildman–Crippen MR) is 156 cm³/mol. The third-order valence-electron chi connectivity index (χ3n) is 5.89. The second kappa shape index (κ2) is 13.8. The molecule has 0 aliphatic heterocycles. The van der Waals surface area contributed by atoms with E-state index < -0.39 is 6.04 Å². The SMILES string of the molecule is C=CCn1c(SCC(=O)Nc2c(C)cccc2CC)nnc1[C@@H](CC(C)C)NC(=O)c1ccc(Cl)cc1Cl. The van der Waals surface area contributed by atoms with E-state index in [1.54, 1.807) is 18.2 Å². The van der Waals surface area contributed by atoms with Crippen molar-refractivity contribution in [2.24, 2.45) is 5.92 Å². The summed E-state index contributed by atoms with van der Waals surface area (Å²) in [7, 11) is 0. The van der Waals surface area contributed by atoms with Crippen LogP contribution in [0.25, 0.3) is 0 Å². The van der Waals surface area contributed by atoms with Gasteiger partial charge in [-0.15, -0.1) is 16.8 Å². The monoisotopic (exact) mass is 573 g/mol. The van der Waals surface area contributed by atoms with E-state index in [0.717, 1.165) is 23.2 Å². The summed E-state index contributed by atoms with van der Waals surface area (Å²) < 4.78 is 1.88. The average molecular weight is 575 g/mol. The molecule has 38 heavy (non-hydrogen) atoms. The summed E-state index contributed by atoms with van der Waals surface area (Å²) in [6.45, 7) is 12.5. The van der Waals surface area contributed by atoms with Crippen molar-refractivity contribution in [3.05, 3.63) is 81.6 Å². The van der Waals surface area contributed by atoms with Crippen molar-refractivity contribution in [1.82, 2.24) is 20.1 Å². The van der Waals surface area contributed by atoms with E-state index in [2.05, 4.69) is 48.2 Å².